The number of aryl methyl sites for hydroxylation is 1. The number of hydrogen-bond acceptors (Lipinski definition) is 9. The van der Waals surface area contributed by atoms with Crippen LogP contribution in [0.2, 0.25) is 0 Å². The third-order valence-electron chi connectivity index (χ3n) is 6.57. The first kappa shape index (κ1) is 24.5. The maximum atomic E-state index is 12.7. The van der Waals surface area contributed by atoms with Crippen LogP contribution in [0.15, 0.2) is 36.8 Å². The van der Waals surface area contributed by atoms with E-state index in [-0.39, 0.29) is 31.1 Å². The molecule has 0 bridgehead atoms. The Hall–Kier alpha value is -4.15. The van der Waals surface area contributed by atoms with Crippen LogP contribution in [0.1, 0.15) is 24.8 Å². The molecule has 0 atom stereocenters. The number of aromatic nitrogens is 3. The van der Waals surface area contributed by atoms with Crippen LogP contribution in [0.5, 0.6) is 0 Å². The maximum Gasteiger partial charge on any atom is 0.314 e. The number of nitrogen functional groups attached to an aromatic ring is 1. The number of nitriles is 1. The molecule has 0 unspecified atom stereocenters. The fourth-order valence-electron chi connectivity index (χ4n) is 4.36. The third kappa shape index (κ3) is 4.68. The average molecular weight is 521 g/mol. The molecule has 3 aromatic heterocycles. The number of hydrogen-bond donors (Lipinski definition) is 3. The van der Waals surface area contributed by atoms with Crippen molar-refractivity contribution in [3.63, 3.8) is 0 Å². The maximum absolute atomic E-state index is 12.7. The molecule has 1 aliphatic carbocycles. The van der Waals surface area contributed by atoms with E-state index in [4.69, 9.17) is 5.73 Å². The van der Waals surface area contributed by atoms with Crippen molar-refractivity contribution in [1.29, 1.82) is 5.26 Å². The van der Waals surface area contributed by atoms with Crippen LogP contribution in [0.3, 0.4) is 0 Å². The number of nitrogens with one attached hydrogen (secondary N) is 2. The quantitative estimate of drug-likeness (QED) is 0.400. The van der Waals surface area contributed by atoms with Crippen LogP contribution in [0, 0.1) is 18.3 Å². The predicted octanol–water partition coefficient (Wildman–Crippen LogP) is 1.10. The molecular weight excluding hydrogens is 496 g/mol. The summed E-state index contributed by atoms with van der Waals surface area (Å²) in [5, 5.41) is 15.1. The standard InChI is InChI=1S/C24H24N8O4S/c1-14-4-7-27-10-17(14)19-8-15-9-20(28-11-18(15)21(26)29-19)30-22(33)23(34)31-24(5-6-25)12-32(13-24)37(35,36)16-2-3-16/h4,7-11,16H,2-3,5,12-13H2,1H3,(H2,26,29)(H,31,34)(H,28,30,33). The van der Waals surface area contributed by atoms with Gasteiger partial charge in [0.25, 0.3) is 0 Å². The molecule has 3 aromatic rings. The summed E-state index contributed by atoms with van der Waals surface area (Å²) in [5.74, 6) is -1.60. The second-order valence-corrected chi connectivity index (χ2v) is 11.6. The van der Waals surface area contributed by atoms with Gasteiger partial charge < -0.3 is 16.4 Å². The summed E-state index contributed by atoms with van der Waals surface area (Å²) in [4.78, 5) is 38.0. The van der Waals surface area contributed by atoms with Crippen LogP contribution in [-0.4, -0.2) is 63.4 Å². The van der Waals surface area contributed by atoms with Crippen molar-refractivity contribution in [1.82, 2.24) is 24.6 Å². The molecule has 1 saturated carbocycles. The first-order chi connectivity index (χ1) is 17.6. The first-order valence-electron chi connectivity index (χ1n) is 11.6. The second kappa shape index (κ2) is 9.06. The van der Waals surface area contributed by atoms with Crippen LogP contribution >= 0.6 is 0 Å². The van der Waals surface area contributed by atoms with E-state index < -0.39 is 32.6 Å². The van der Waals surface area contributed by atoms with E-state index in [0.29, 0.717) is 29.3 Å². The molecule has 4 N–H and O–H groups in total. The molecule has 37 heavy (non-hydrogen) atoms. The Balaban J connectivity index is 1.31. The van der Waals surface area contributed by atoms with Crippen molar-refractivity contribution < 1.29 is 18.0 Å². The monoisotopic (exact) mass is 520 g/mol. The summed E-state index contributed by atoms with van der Waals surface area (Å²) in [7, 11) is -3.43. The number of anilines is 2. The highest BCUT2D eigenvalue weighted by atomic mass is 32.2. The number of nitrogens with two attached hydrogens (primary N) is 1. The summed E-state index contributed by atoms with van der Waals surface area (Å²) in [6, 6.07) is 7.19. The normalized spacial score (nSPS) is 17.0. The van der Waals surface area contributed by atoms with E-state index in [0.717, 1.165) is 11.1 Å². The van der Waals surface area contributed by atoms with E-state index >= 15 is 0 Å². The molecule has 5 rings (SSSR count). The number of rotatable bonds is 6. The molecule has 2 amide bonds. The minimum absolute atomic E-state index is 0.0462. The third-order valence-corrected chi connectivity index (χ3v) is 8.86. The van der Waals surface area contributed by atoms with Gasteiger partial charge >= 0.3 is 11.8 Å². The molecule has 13 heteroatoms. The Morgan fingerprint density at radius 1 is 1.24 bits per heavy atom. The summed E-state index contributed by atoms with van der Waals surface area (Å²) in [5.41, 5.74) is 7.39. The van der Waals surface area contributed by atoms with E-state index in [9.17, 15) is 23.3 Å². The van der Waals surface area contributed by atoms with Gasteiger partial charge in [0.15, 0.2) is 0 Å². The zero-order valence-corrected chi connectivity index (χ0v) is 20.7. The molecule has 2 fully saturated rings. The Labute approximate surface area is 213 Å². The lowest BCUT2D eigenvalue weighted by Crippen LogP contribution is -2.72. The number of sulfonamides is 1. The molecule has 4 heterocycles. The SMILES string of the molecule is Cc1ccncc1-c1cc2cc(NC(=O)C(=O)NC3(CC#N)CN(S(=O)(=O)C4CC4)C3)ncc2c(N)n1. The van der Waals surface area contributed by atoms with Crippen LogP contribution in [0.25, 0.3) is 22.0 Å². The molecule has 190 valence electrons. The molecule has 0 radical (unpaired) electrons. The van der Waals surface area contributed by atoms with Gasteiger partial charge in [-0.1, -0.05) is 0 Å². The zero-order valence-electron chi connectivity index (χ0n) is 19.9. The van der Waals surface area contributed by atoms with Gasteiger partial charge in [0.1, 0.15) is 11.6 Å². The number of carbonyl (C=O) groups is 2. The molecule has 12 nitrogen and oxygen atoms in total. The Morgan fingerprint density at radius 3 is 2.68 bits per heavy atom. The number of amides is 2. The fraction of sp³-hybridized carbons (Fsp3) is 0.333. The lowest BCUT2D eigenvalue weighted by Gasteiger charge is -2.48. The van der Waals surface area contributed by atoms with Gasteiger partial charge in [0.2, 0.25) is 10.0 Å². The zero-order chi connectivity index (χ0) is 26.4. The van der Waals surface area contributed by atoms with Crippen LogP contribution in [0.4, 0.5) is 11.6 Å². The van der Waals surface area contributed by atoms with Gasteiger partial charge in [0, 0.05) is 42.6 Å². The predicted molar refractivity (Wildman–Crippen MR) is 135 cm³/mol. The van der Waals surface area contributed by atoms with Crippen molar-refractivity contribution in [2.45, 2.75) is 37.0 Å². The average Bonchev–Trinajstić information content (AvgIpc) is 3.68. The van der Waals surface area contributed by atoms with Crippen molar-refractivity contribution in [2.24, 2.45) is 0 Å². The van der Waals surface area contributed by atoms with Gasteiger partial charge in [-0.2, -0.15) is 9.57 Å². The highest BCUT2D eigenvalue weighted by Crippen LogP contribution is 2.36. The summed E-state index contributed by atoms with van der Waals surface area (Å²) < 4.78 is 26.1. The highest BCUT2D eigenvalue weighted by Gasteiger charge is 2.53. The lowest BCUT2D eigenvalue weighted by atomic mass is 9.89. The van der Waals surface area contributed by atoms with E-state index in [2.05, 4.69) is 25.6 Å². The number of carbonyl (C=O) groups excluding carboxylic acids is 2. The number of fused-ring (bicyclic) bond motifs is 1. The molecule has 2 aliphatic rings. The van der Waals surface area contributed by atoms with Crippen molar-refractivity contribution >= 4 is 44.2 Å². The summed E-state index contributed by atoms with van der Waals surface area (Å²) >= 11 is 0. The lowest BCUT2D eigenvalue weighted by molar-refractivity contribution is -0.138. The topological polar surface area (TPSA) is 184 Å². The van der Waals surface area contributed by atoms with Gasteiger partial charge in [-0.25, -0.2) is 18.4 Å². The van der Waals surface area contributed by atoms with E-state index in [1.807, 2.05) is 19.1 Å². The van der Waals surface area contributed by atoms with Gasteiger partial charge in [-0.3, -0.25) is 14.6 Å². The van der Waals surface area contributed by atoms with Crippen LogP contribution < -0.4 is 16.4 Å². The number of nitrogens with zero attached hydrogens (tertiary/aromatic N) is 5. The Bertz CT molecular complexity index is 1570. The van der Waals surface area contributed by atoms with E-state index in [1.54, 1.807) is 24.5 Å². The van der Waals surface area contributed by atoms with Gasteiger partial charge in [0.05, 0.1) is 29.0 Å². The molecule has 0 spiro atoms. The number of pyridine rings is 3. The minimum Gasteiger partial charge on any atom is -0.383 e. The summed E-state index contributed by atoms with van der Waals surface area (Å²) in [6.45, 7) is 1.84. The van der Waals surface area contributed by atoms with Crippen molar-refractivity contribution in [3.8, 4) is 17.3 Å². The molecule has 0 aromatic carbocycles. The first-order valence-corrected chi connectivity index (χ1v) is 13.1. The van der Waals surface area contributed by atoms with E-state index in [1.165, 1.54) is 10.5 Å². The minimum atomic E-state index is -3.43. The second-order valence-electron chi connectivity index (χ2n) is 9.41. The Morgan fingerprint density at radius 2 is 2.00 bits per heavy atom. The fourth-order valence-corrected chi connectivity index (χ4v) is 6.36. The highest BCUT2D eigenvalue weighted by molar-refractivity contribution is 7.90. The molecule has 1 aliphatic heterocycles. The molecular formula is C24H24N8O4S. The van der Waals surface area contributed by atoms with Crippen LogP contribution in [-0.2, 0) is 19.6 Å². The van der Waals surface area contributed by atoms with Crippen molar-refractivity contribution in [3.05, 3.63) is 42.4 Å². The smallest absolute Gasteiger partial charge is 0.314 e. The van der Waals surface area contributed by atoms with Crippen molar-refractivity contribution in [2.75, 3.05) is 24.1 Å². The van der Waals surface area contributed by atoms with Gasteiger partial charge in [-0.15, -0.1) is 0 Å². The molecule has 1 saturated heterocycles. The summed E-state index contributed by atoms with van der Waals surface area (Å²) in [6.07, 6.45) is 5.92. The van der Waals surface area contributed by atoms with Gasteiger partial charge in [-0.05, 0) is 48.9 Å². The largest absolute Gasteiger partial charge is 0.383 e. The Kier molecular flexibility index (Phi) is 6.01.